The minimum Gasteiger partial charge on any atom is -0.492 e. The van der Waals surface area contributed by atoms with Gasteiger partial charge in [0.15, 0.2) is 0 Å². The maximum atomic E-state index is 11.1. The molecule has 2 rings (SSSR count). The van der Waals surface area contributed by atoms with Crippen LogP contribution < -0.4 is 4.74 Å². The summed E-state index contributed by atoms with van der Waals surface area (Å²) in [6.45, 7) is 4.64. The second-order valence-corrected chi connectivity index (χ2v) is 5.90. The molecule has 0 aliphatic heterocycles. The summed E-state index contributed by atoms with van der Waals surface area (Å²) in [4.78, 5) is 12.3. The van der Waals surface area contributed by atoms with Gasteiger partial charge in [0, 0.05) is 10.6 Å². The molecule has 0 fully saturated rings. The quantitative estimate of drug-likeness (QED) is 0.642. The molecular formula is C17H18O3S. The summed E-state index contributed by atoms with van der Waals surface area (Å²) in [6.07, 6.45) is 0. The van der Waals surface area contributed by atoms with Gasteiger partial charge in [-0.3, -0.25) is 0 Å². The fraction of sp³-hybridized carbons (Fsp3) is 0.235. The molecule has 0 heterocycles. The van der Waals surface area contributed by atoms with Crippen LogP contribution in [0.25, 0.3) is 0 Å². The largest absolute Gasteiger partial charge is 0.492 e. The molecule has 110 valence electrons. The van der Waals surface area contributed by atoms with Crippen molar-refractivity contribution in [1.82, 2.24) is 0 Å². The van der Waals surface area contributed by atoms with Gasteiger partial charge in [0.2, 0.25) is 0 Å². The minimum atomic E-state index is -0.965. The summed E-state index contributed by atoms with van der Waals surface area (Å²) >= 11 is 1.72. The van der Waals surface area contributed by atoms with Crippen molar-refractivity contribution < 1.29 is 14.6 Å². The molecule has 1 N–H and O–H groups in total. The van der Waals surface area contributed by atoms with Crippen molar-refractivity contribution in [2.45, 2.75) is 18.7 Å². The molecule has 0 aliphatic rings. The lowest BCUT2D eigenvalue weighted by Gasteiger charge is -2.10. The maximum absolute atomic E-state index is 11.1. The number of carbonyl (C=O) groups is 1. The summed E-state index contributed by atoms with van der Waals surface area (Å²) < 4.78 is 5.58. The molecule has 0 saturated carbocycles. The number of hydrogen-bond donors (Lipinski definition) is 1. The number of benzene rings is 2. The Kier molecular flexibility index (Phi) is 5.28. The topological polar surface area (TPSA) is 46.5 Å². The van der Waals surface area contributed by atoms with Crippen LogP contribution >= 0.6 is 11.8 Å². The normalized spacial score (nSPS) is 10.4. The zero-order chi connectivity index (χ0) is 15.2. The lowest BCUT2D eigenvalue weighted by Crippen LogP contribution is -2.05. The van der Waals surface area contributed by atoms with Crippen molar-refractivity contribution in [1.29, 1.82) is 0 Å². The van der Waals surface area contributed by atoms with Gasteiger partial charge in [-0.15, -0.1) is 11.8 Å². The highest BCUT2D eigenvalue weighted by molar-refractivity contribution is 7.99. The number of carboxylic acids is 1. The van der Waals surface area contributed by atoms with E-state index in [4.69, 9.17) is 9.84 Å². The molecule has 0 aromatic heterocycles. The van der Waals surface area contributed by atoms with Crippen LogP contribution in [0.1, 0.15) is 21.5 Å². The molecule has 0 spiro atoms. The first-order valence-corrected chi connectivity index (χ1v) is 7.71. The van der Waals surface area contributed by atoms with Gasteiger partial charge in [-0.2, -0.15) is 0 Å². The third kappa shape index (κ3) is 4.26. The molecule has 3 nitrogen and oxygen atoms in total. The molecule has 0 bridgehead atoms. The summed E-state index contributed by atoms with van der Waals surface area (Å²) in [5.74, 6) is 0.233. The first kappa shape index (κ1) is 15.4. The van der Waals surface area contributed by atoms with Gasteiger partial charge in [-0.05, 0) is 37.6 Å². The predicted octanol–water partition coefficient (Wildman–Crippen LogP) is 4.17. The molecule has 2 aromatic rings. The molecule has 0 amide bonds. The van der Waals surface area contributed by atoms with E-state index in [2.05, 4.69) is 32.0 Å². The molecule has 0 saturated heterocycles. The van der Waals surface area contributed by atoms with Gasteiger partial charge in [-0.25, -0.2) is 4.79 Å². The number of aryl methyl sites for hydroxylation is 2. The van der Waals surface area contributed by atoms with E-state index in [1.54, 1.807) is 36.0 Å². The van der Waals surface area contributed by atoms with Crippen molar-refractivity contribution in [3.8, 4) is 5.75 Å². The van der Waals surface area contributed by atoms with Gasteiger partial charge in [0.05, 0.1) is 6.61 Å². The smallest absolute Gasteiger partial charge is 0.339 e. The Balaban J connectivity index is 1.89. The number of carboxylic acid groups (broad SMARTS) is 1. The second kappa shape index (κ2) is 7.18. The van der Waals surface area contributed by atoms with Gasteiger partial charge in [0.25, 0.3) is 0 Å². The van der Waals surface area contributed by atoms with E-state index >= 15 is 0 Å². The highest BCUT2D eigenvalue weighted by atomic mass is 32.2. The van der Waals surface area contributed by atoms with Crippen LogP contribution in [0.5, 0.6) is 5.75 Å². The van der Waals surface area contributed by atoms with E-state index in [0.717, 1.165) is 5.75 Å². The van der Waals surface area contributed by atoms with Crippen LogP contribution in [0.15, 0.2) is 47.4 Å². The summed E-state index contributed by atoms with van der Waals surface area (Å²) in [5, 5.41) is 9.08. The zero-order valence-corrected chi connectivity index (χ0v) is 12.9. The van der Waals surface area contributed by atoms with E-state index in [1.165, 1.54) is 16.0 Å². The van der Waals surface area contributed by atoms with Gasteiger partial charge < -0.3 is 9.84 Å². The molecule has 2 aromatic carbocycles. The van der Waals surface area contributed by atoms with Crippen LogP contribution in [0.4, 0.5) is 0 Å². The predicted molar refractivity (Wildman–Crippen MR) is 85.5 cm³/mol. The van der Waals surface area contributed by atoms with Gasteiger partial charge in [-0.1, -0.05) is 29.8 Å². The summed E-state index contributed by atoms with van der Waals surface area (Å²) in [7, 11) is 0. The van der Waals surface area contributed by atoms with Crippen molar-refractivity contribution in [3.63, 3.8) is 0 Å². The molecular weight excluding hydrogens is 284 g/mol. The van der Waals surface area contributed by atoms with Crippen molar-refractivity contribution in [2.75, 3.05) is 12.4 Å². The standard InChI is InChI=1S/C17H18O3S/c1-12-7-8-16(13(2)11-12)21-10-9-20-15-6-4-3-5-14(15)17(18)19/h3-8,11H,9-10H2,1-2H3,(H,18,19). The minimum absolute atomic E-state index is 0.203. The Morgan fingerprint density at radius 1 is 1.19 bits per heavy atom. The van der Waals surface area contributed by atoms with E-state index in [-0.39, 0.29) is 5.56 Å². The summed E-state index contributed by atoms with van der Waals surface area (Å²) in [5.41, 5.74) is 2.71. The third-order valence-electron chi connectivity index (χ3n) is 3.05. The van der Waals surface area contributed by atoms with Crippen molar-refractivity contribution >= 4 is 17.7 Å². The first-order chi connectivity index (χ1) is 10.1. The first-order valence-electron chi connectivity index (χ1n) is 6.73. The van der Waals surface area contributed by atoms with Crippen LogP contribution in [0.2, 0.25) is 0 Å². The Labute approximate surface area is 129 Å². The molecule has 0 radical (unpaired) electrons. The van der Waals surface area contributed by atoms with Crippen molar-refractivity contribution in [2.24, 2.45) is 0 Å². The fourth-order valence-electron chi connectivity index (χ4n) is 2.03. The monoisotopic (exact) mass is 302 g/mol. The van der Waals surface area contributed by atoms with E-state index in [9.17, 15) is 4.79 Å². The average molecular weight is 302 g/mol. The number of rotatable bonds is 6. The average Bonchev–Trinajstić information content (AvgIpc) is 2.45. The van der Waals surface area contributed by atoms with Gasteiger partial charge >= 0.3 is 5.97 Å². The maximum Gasteiger partial charge on any atom is 0.339 e. The Morgan fingerprint density at radius 2 is 1.95 bits per heavy atom. The number of thioether (sulfide) groups is 1. The second-order valence-electron chi connectivity index (χ2n) is 4.77. The van der Waals surface area contributed by atoms with Crippen LogP contribution in [-0.2, 0) is 0 Å². The number of ether oxygens (including phenoxy) is 1. The van der Waals surface area contributed by atoms with Gasteiger partial charge in [0.1, 0.15) is 11.3 Å². The molecule has 21 heavy (non-hydrogen) atoms. The molecule has 0 unspecified atom stereocenters. The van der Waals surface area contributed by atoms with Crippen LogP contribution in [0.3, 0.4) is 0 Å². The lowest BCUT2D eigenvalue weighted by molar-refractivity contribution is 0.0692. The highest BCUT2D eigenvalue weighted by Gasteiger charge is 2.09. The molecule has 0 atom stereocenters. The number of hydrogen-bond acceptors (Lipinski definition) is 3. The SMILES string of the molecule is Cc1ccc(SCCOc2ccccc2C(=O)O)c(C)c1. The third-order valence-corrected chi connectivity index (χ3v) is 4.19. The Bertz CT molecular complexity index is 638. The van der Waals surface area contributed by atoms with E-state index < -0.39 is 5.97 Å². The van der Waals surface area contributed by atoms with Crippen LogP contribution in [-0.4, -0.2) is 23.4 Å². The Hall–Kier alpha value is -1.94. The Morgan fingerprint density at radius 3 is 2.67 bits per heavy atom. The summed E-state index contributed by atoms with van der Waals surface area (Å²) in [6, 6.07) is 13.1. The molecule has 4 heteroatoms. The fourth-order valence-corrected chi connectivity index (χ4v) is 2.87. The van der Waals surface area contributed by atoms with E-state index in [0.29, 0.717) is 12.4 Å². The lowest BCUT2D eigenvalue weighted by atomic mass is 10.2. The van der Waals surface area contributed by atoms with Crippen molar-refractivity contribution in [3.05, 3.63) is 59.2 Å². The molecule has 0 aliphatic carbocycles. The number of aromatic carboxylic acids is 1. The number of para-hydroxylation sites is 1. The van der Waals surface area contributed by atoms with Crippen LogP contribution in [0, 0.1) is 13.8 Å². The zero-order valence-electron chi connectivity index (χ0n) is 12.1. The van der Waals surface area contributed by atoms with E-state index in [1.807, 2.05) is 0 Å². The highest BCUT2D eigenvalue weighted by Crippen LogP contribution is 2.24.